The van der Waals surface area contributed by atoms with E-state index in [0.29, 0.717) is 15.7 Å². The molecule has 120 valence electrons. The Hall–Kier alpha value is -1.67. The van der Waals surface area contributed by atoms with Gasteiger partial charge >= 0.3 is 0 Å². The number of carbonyl (C=O) groups excluding carboxylic acids is 1. The highest BCUT2D eigenvalue weighted by molar-refractivity contribution is 9.11. The number of phenols is 1. The second-order valence-electron chi connectivity index (χ2n) is 5.26. The van der Waals surface area contributed by atoms with Crippen molar-refractivity contribution in [3.05, 3.63) is 43.6 Å². The van der Waals surface area contributed by atoms with Gasteiger partial charge in [0.25, 0.3) is 5.91 Å². The summed E-state index contributed by atoms with van der Waals surface area (Å²) in [5.41, 5.74) is 5.36. The molecule has 1 amide bonds. The smallest absolute Gasteiger partial charge is 0.292 e. The van der Waals surface area contributed by atoms with E-state index < -0.39 is 0 Å². The number of hydrazone groups is 1. The SMILES string of the molecule is O=C(NN=Cc1cc(Br)cc(Br)c1O)c1n[nH]c2c1CCCC2. The van der Waals surface area contributed by atoms with Gasteiger partial charge in [0.2, 0.25) is 0 Å². The van der Waals surface area contributed by atoms with E-state index >= 15 is 0 Å². The number of rotatable bonds is 3. The Morgan fingerprint density at radius 3 is 2.96 bits per heavy atom. The van der Waals surface area contributed by atoms with Gasteiger partial charge in [0, 0.05) is 21.3 Å². The highest BCUT2D eigenvalue weighted by Gasteiger charge is 2.21. The third kappa shape index (κ3) is 3.48. The predicted octanol–water partition coefficient (Wildman–Crippen LogP) is 3.28. The molecule has 1 aromatic heterocycles. The lowest BCUT2D eigenvalue weighted by Gasteiger charge is -2.10. The summed E-state index contributed by atoms with van der Waals surface area (Å²) < 4.78 is 1.33. The number of benzene rings is 1. The van der Waals surface area contributed by atoms with Crippen LogP contribution < -0.4 is 5.43 Å². The van der Waals surface area contributed by atoms with Gasteiger partial charge in [-0.15, -0.1) is 0 Å². The fraction of sp³-hybridized carbons (Fsp3) is 0.267. The van der Waals surface area contributed by atoms with E-state index in [1.807, 2.05) is 0 Å². The van der Waals surface area contributed by atoms with Crippen molar-refractivity contribution in [1.82, 2.24) is 15.6 Å². The Morgan fingerprint density at radius 1 is 1.35 bits per heavy atom. The number of hydrogen-bond acceptors (Lipinski definition) is 4. The molecule has 1 aliphatic rings. The molecule has 2 aromatic rings. The molecule has 0 radical (unpaired) electrons. The van der Waals surface area contributed by atoms with Crippen molar-refractivity contribution in [3.63, 3.8) is 0 Å². The molecule has 23 heavy (non-hydrogen) atoms. The average molecular weight is 442 g/mol. The molecular weight excluding hydrogens is 428 g/mol. The first-order valence-electron chi connectivity index (χ1n) is 7.14. The van der Waals surface area contributed by atoms with Crippen LogP contribution >= 0.6 is 31.9 Å². The standard InChI is InChI=1S/C15H14Br2N4O2/c16-9-5-8(14(22)11(17)6-9)7-18-21-15(23)13-10-3-1-2-4-12(10)19-20-13/h5-7,22H,1-4H2,(H,19,20)(H,21,23). The van der Waals surface area contributed by atoms with Gasteiger partial charge in [-0.3, -0.25) is 9.89 Å². The minimum atomic E-state index is -0.353. The van der Waals surface area contributed by atoms with Crippen molar-refractivity contribution in [2.24, 2.45) is 5.10 Å². The number of phenolic OH excluding ortho intramolecular Hbond substituents is 1. The zero-order valence-electron chi connectivity index (χ0n) is 12.1. The van der Waals surface area contributed by atoms with Crippen LogP contribution in [0.4, 0.5) is 0 Å². The summed E-state index contributed by atoms with van der Waals surface area (Å²) in [6.45, 7) is 0. The Kier molecular flexibility index (Phi) is 4.82. The first-order valence-corrected chi connectivity index (χ1v) is 8.72. The zero-order valence-corrected chi connectivity index (χ0v) is 15.2. The molecule has 3 rings (SSSR count). The molecule has 0 unspecified atom stereocenters. The summed E-state index contributed by atoms with van der Waals surface area (Å²) in [5, 5.41) is 20.9. The van der Waals surface area contributed by atoms with E-state index in [-0.39, 0.29) is 11.7 Å². The fourth-order valence-corrected chi connectivity index (χ4v) is 3.82. The van der Waals surface area contributed by atoms with Crippen LogP contribution in [0.2, 0.25) is 0 Å². The summed E-state index contributed by atoms with van der Waals surface area (Å²) in [4.78, 5) is 12.2. The highest BCUT2D eigenvalue weighted by atomic mass is 79.9. The lowest BCUT2D eigenvalue weighted by Crippen LogP contribution is -2.20. The number of halogens is 2. The maximum Gasteiger partial charge on any atom is 0.292 e. The molecule has 1 aromatic carbocycles. The van der Waals surface area contributed by atoms with E-state index in [9.17, 15) is 9.90 Å². The van der Waals surface area contributed by atoms with Crippen LogP contribution in [0.1, 0.15) is 40.2 Å². The number of H-pyrrole nitrogens is 1. The Balaban J connectivity index is 1.73. The van der Waals surface area contributed by atoms with E-state index in [1.54, 1.807) is 12.1 Å². The topological polar surface area (TPSA) is 90.4 Å². The Morgan fingerprint density at radius 2 is 2.13 bits per heavy atom. The number of carbonyl (C=O) groups is 1. The molecule has 8 heteroatoms. The molecule has 0 spiro atoms. The number of aryl methyl sites for hydroxylation is 1. The lowest BCUT2D eigenvalue weighted by atomic mass is 9.96. The average Bonchev–Trinajstić information content (AvgIpc) is 2.96. The maximum atomic E-state index is 12.2. The summed E-state index contributed by atoms with van der Waals surface area (Å²) in [6, 6.07) is 3.42. The second-order valence-corrected chi connectivity index (χ2v) is 7.03. The monoisotopic (exact) mass is 440 g/mol. The predicted molar refractivity (Wildman–Crippen MR) is 93.8 cm³/mol. The van der Waals surface area contributed by atoms with Crippen LogP contribution in [0.5, 0.6) is 5.75 Å². The van der Waals surface area contributed by atoms with Crippen LogP contribution in [-0.2, 0) is 12.8 Å². The minimum Gasteiger partial charge on any atom is -0.506 e. The van der Waals surface area contributed by atoms with Gasteiger partial charge in [0.1, 0.15) is 5.75 Å². The number of nitrogens with zero attached hydrogens (tertiary/aromatic N) is 2. The van der Waals surface area contributed by atoms with Crippen molar-refractivity contribution in [2.45, 2.75) is 25.7 Å². The van der Waals surface area contributed by atoms with Crippen LogP contribution in [0.15, 0.2) is 26.2 Å². The summed E-state index contributed by atoms with van der Waals surface area (Å²) in [5.74, 6) is -0.294. The zero-order chi connectivity index (χ0) is 16.4. The van der Waals surface area contributed by atoms with Gasteiger partial charge in [-0.1, -0.05) is 15.9 Å². The van der Waals surface area contributed by atoms with Gasteiger partial charge < -0.3 is 5.11 Å². The van der Waals surface area contributed by atoms with Gasteiger partial charge in [-0.2, -0.15) is 10.2 Å². The summed E-state index contributed by atoms with van der Waals surface area (Å²) >= 11 is 6.58. The van der Waals surface area contributed by atoms with E-state index in [0.717, 1.165) is 41.4 Å². The molecule has 0 aliphatic heterocycles. The van der Waals surface area contributed by atoms with E-state index in [2.05, 4.69) is 52.6 Å². The van der Waals surface area contributed by atoms with Crippen molar-refractivity contribution < 1.29 is 9.90 Å². The molecule has 0 saturated carbocycles. The first kappa shape index (κ1) is 16.2. The van der Waals surface area contributed by atoms with Crippen molar-refractivity contribution in [2.75, 3.05) is 0 Å². The van der Waals surface area contributed by atoms with Gasteiger partial charge in [0.05, 0.1) is 10.7 Å². The first-order chi connectivity index (χ1) is 11.1. The van der Waals surface area contributed by atoms with Gasteiger partial charge in [-0.05, 0) is 53.7 Å². The largest absolute Gasteiger partial charge is 0.506 e. The Labute approximate surface area is 149 Å². The third-order valence-corrected chi connectivity index (χ3v) is 4.76. The van der Waals surface area contributed by atoms with E-state index in [4.69, 9.17) is 0 Å². The van der Waals surface area contributed by atoms with Crippen molar-refractivity contribution in [1.29, 1.82) is 0 Å². The molecule has 1 aliphatic carbocycles. The lowest BCUT2D eigenvalue weighted by molar-refractivity contribution is 0.0949. The molecule has 0 fully saturated rings. The summed E-state index contributed by atoms with van der Waals surface area (Å²) in [7, 11) is 0. The number of fused-ring (bicyclic) bond motifs is 1. The minimum absolute atomic E-state index is 0.0587. The van der Waals surface area contributed by atoms with Crippen molar-refractivity contribution >= 4 is 44.0 Å². The molecule has 0 bridgehead atoms. The Bertz CT molecular complexity index is 786. The molecule has 0 atom stereocenters. The highest BCUT2D eigenvalue weighted by Crippen LogP contribution is 2.30. The molecule has 6 nitrogen and oxygen atoms in total. The number of amides is 1. The number of aromatic nitrogens is 2. The van der Waals surface area contributed by atoms with Crippen LogP contribution in [0, 0.1) is 0 Å². The van der Waals surface area contributed by atoms with Crippen molar-refractivity contribution in [3.8, 4) is 5.75 Å². The second kappa shape index (κ2) is 6.84. The van der Waals surface area contributed by atoms with Crippen LogP contribution in [0.3, 0.4) is 0 Å². The molecule has 0 saturated heterocycles. The number of aromatic hydroxyl groups is 1. The quantitative estimate of drug-likeness (QED) is 0.504. The van der Waals surface area contributed by atoms with Crippen LogP contribution in [-0.4, -0.2) is 27.4 Å². The van der Waals surface area contributed by atoms with Gasteiger partial charge in [0.15, 0.2) is 5.69 Å². The summed E-state index contributed by atoms with van der Waals surface area (Å²) in [6.07, 6.45) is 5.36. The number of hydrogen-bond donors (Lipinski definition) is 3. The molecule has 3 N–H and O–H groups in total. The van der Waals surface area contributed by atoms with Crippen LogP contribution in [0.25, 0.3) is 0 Å². The number of nitrogens with one attached hydrogen (secondary N) is 2. The normalized spacial score (nSPS) is 14.0. The molecule has 1 heterocycles. The van der Waals surface area contributed by atoms with E-state index in [1.165, 1.54) is 6.21 Å². The molecular formula is C15H14Br2N4O2. The maximum absolute atomic E-state index is 12.2. The number of aromatic amines is 1. The fourth-order valence-electron chi connectivity index (χ4n) is 2.57. The third-order valence-electron chi connectivity index (χ3n) is 3.70. The van der Waals surface area contributed by atoms with Gasteiger partial charge in [-0.25, -0.2) is 5.43 Å².